The lowest BCUT2D eigenvalue weighted by Crippen LogP contribution is -2.40. The number of benzene rings is 1. The number of rotatable bonds is 3. The molecule has 0 aliphatic carbocycles. The fourth-order valence-electron chi connectivity index (χ4n) is 2.34. The summed E-state index contributed by atoms with van der Waals surface area (Å²) < 4.78 is 6.04. The smallest absolute Gasteiger partial charge is 0.266 e. The highest BCUT2D eigenvalue weighted by Gasteiger charge is 2.32. The average molecular weight is 346 g/mol. The summed E-state index contributed by atoms with van der Waals surface area (Å²) in [6, 6.07) is 7.62. The monoisotopic (exact) mass is 346 g/mol. The summed E-state index contributed by atoms with van der Waals surface area (Å²) in [6.07, 6.45) is 3.44. The van der Waals surface area contributed by atoms with Gasteiger partial charge in [-0.25, -0.2) is 0 Å². The number of para-hydroxylation sites is 1. The fraction of sp³-hybridized carbons (Fsp3) is 0.188. The third-order valence-corrected chi connectivity index (χ3v) is 4.85. The van der Waals surface area contributed by atoms with Crippen LogP contribution in [-0.2, 0) is 9.59 Å². The van der Waals surface area contributed by atoms with E-state index in [9.17, 15) is 14.7 Å². The number of hydrogen-bond donors (Lipinski definition) is 0. The minimum atomic E-state index is -1.34. The molecule has 1 aromatic rings. The van der Waals surface area contributed by atoms with Crippen molar-refractivity contribution in [3.05, 3.63) is 46.4 Å². The topological polar surface area (TPSA) is 69.7 Å². The van der Waals surface area contributed by atoms with E-state index in [-0.39, 0.29) is 10.4 Å². The van der Waals surface area contributed by atoms with Crippen LogP contribution in [0.3, 0.4) is 0 Å². The third-order valence-electron chi connectivity index (χ3n) is 3.47. The van der Waals surface area contributed by atoms with Gasteiger partial charge in [-0.15, -0.1) is 0 Å². The van der Waals surface area contributed by atoms with Gasteiger partial charge in [-0.1, -0.05) is 42.2 Å². The van der Waals surface area contributed by atoms with Gasteiger partial charge in [0.2, 0.25) is 0 Å². The molecule has 118 valence electrons. The van der Waals surface area contributed by atoms with Crippen molar-refractivity contribution in [2.75, 3.05) is 6.54 Å². The van der Waals surface area contributed by atoms with Crippen LogP contribution in [0.1, 0.15) is 12.5 Å². The molecule has 0 N–H and O–H groups in total. The van der Waals surface area contributed by atoms with E-state index in [1.807, 2.05) is 37.3 Å². The Hall–Kier alpha value is -2.12. The second-order valence-electron chi connectivity index (χ2n) is 5.08. The molecule has 7 heteroatoms. The van der Waals surface area contributed by atoms with E-state index < -0.39 is 18.4 Å². The molecule has 1 amide bonds. The highest BCUT2D eigenvalue weighted by Crippen LogP contribution is 2.35. The SMILES string of the molecule is C[C@H]1Oc2ccccc2C=C1/C=C1\SC(=S)N(CC(=O)[O-])C1=O. The Morgan fingerprint density at radius 1 is 1.48 bits per heavy atom. The van der Waals surface area contributed by atoms with Crippen molar-refractivity contribution in [1.82, 2.24) is 4.90 Å². The number of thioether (sulfide) groups is 1. The summed E-state index contributed by atoms with van der Waals surface area (Å²) in [4.78, 5) is 24.4. The lowest BCUT2D eigenvalue weighted by molar-refractivity contribution is -0.305. The van der Waals surface area contributed by atoms with Crippen molar-refractivity contribution in [2.24, 2.45) is 0 Å². The van der Waals surface area contributed by atoms with Gasteiger partial charge in [0.25, 0.3) is 5.91 Å². The Morgan fingerprint density at radius 2 is 2.22 bits per heavy atom. The number of carbonyl (C=O) groups excluding carboxylic acids is 2. The molecule has 0 aromatic heterocycles. The zero-order valence-corrected chi connectivity index (χ0v) is 13.8. The molecule has 0 radical (unpaired) electrons. The molecule has 5 nitrogen and oxygen atoms in total. The molecule has 0 unspecified atom stereocenters. The zero-order valence-electron chi connectivity index (χ0n) is 12.1. The minimum absolute atomic E-state index is 0.213. The van der Waals surface area contributed by atoms with E-state index in [1.54, 1.807) is 6.08 Å². The number of ether oxygens (including phenoxy) is 1. The summed E-state index contributed by atoms with van der Waals surface area (Å²) in [5.41, 5.74) is 1.76. The first-order valence-electron chi connectivity index (χ1n) is 6.88. The Morgan fingerprint density at radius 3 is 2.96 bits per heavy atom. The number of nitrogens with zero attached hydrogens (tertiary/aromatic N) is 1. The van der Waals surface area contributed by atoms with Gasteiger partial charge in [0.15, 0.2) is 0 Å². The standard InChI is InChI=1S/C16H13NO4S2/c1-9-11(6-10-4-2-3-5-12(10)21-9)7-13-15(20)17(8-14(18)19)16(22)23-13/h2-7,9H,8H2,1H3,(H,18,19)/p-1/b13-7-/t9-/m1/s1. The van der Waals surface area contributed by atoms with E-state index in [1.165, 1.54) is 0 Å². The van der Waals surface area contributed by atoms with Gasteiger partial charge in [-0.3, -0.25) is 9.69 Å². The van der Waals surface area contributed by atoms with Crippen LogP contribution in [0.15, 0.2) is 40.8 Å². The Kier molecular flexibility index (Phi) is 4.23. The normalized spacial score (nSPS) is 22.0. The van der Waals surface area contributed by atoms with Crippen LogP contribution >= 0.6 is 24.0 Å². The molecule has 0 saturated carbocycles. The van der Waals surface area contributed by atoms with E-state index in [2.05, 4.69) is 0 Å². The van der Waals surface area contributed by atoms with Crippen LogP contribution in [0, 0.1) is 0 Å². The van der Waals surface area contributed by atoms with Crippen LogP contribution in [0.25, 0.3) is 6.08 Å². The van der Waals surface area contributed by atoms with E-state index in [4.69, 9.17) is 17.0 Å². The van der Waals surface area contributed by atoms with Gasteiger partial charge in [0.1, 0.15) is 16.2 Å². The molecule has 0 bridgehead atoms. The van der Waals surface area contributed by atoms with Crippen LogP contribution < -0.4 is 9.84 Å². The number of carboxylic acid groups (broad SMARTS) is 1. The van der Waals surface area contributed by atoms with E-state index in [0.29, 0.717) is 4.91 Å². The zero-order chi connectivity index (χ0) is 16.6. The van der Waals surface area contributed by atoms with Crippen molar-refractivity contribution in [3.63, 3.8) is 0 Å². The van der Waals surface area contributed by atoms with Gasteiger partial charge in [-0.2, -0.15) is 0 Å². The number of fused-ring (bicyclic) bond motifs is 1. The quantitative estimate of drug-likeness (QED) is 0.608. The maximum atomic E-state index is 12.3. The molecule has 0 spiro atoms. The predicted molar refractivity (Wildman–Crippen MR) is 89.5 cm³/mol. The van der Waals surface area contributed by atoms with E-state index in [0.717, 1.165) is 33.5 Å². The Labute approximate surface area is 142 Å². The highest BCUT2D eigenvalue weighted by molar-refractivity contribution is 8.26. The number of amides is 1. The van der Waals surface area contributed by atoms with Crippen LogP contribution in [-0.4, -0.2) is 33.7 Å². The summed E-state index contributed by atoms with van der Waals surface area (Å²) >= 11 is 6.14. The van der Waals surface area contributed by atoms with Crippen molar-refractivity contribution in [1.29, 1.82) is 0 Å². The molecule has 1 saturated heterocycles. The molecule has 23 heavy (non-hydrogen) atoms. The van der Waals surface area contributed by atoms with Crippen molar-refractivity contribution >= 4 is 46.3 Å². The number of carbonyl (C=O) groups is 2. The van der Waals surface area contributed by atoms with Crippen molar-refractivity contribution < 1.29 is 19.4 Å². The molecule has 2 aliphatic rings. The first kappa shape index (κ1) is 15.8. The Balaban J connectivity index is 1.90. The molecule has 2 heterocycles. The first-order valence-corrected chi connectivity index (χ1v) is 8.10. The number of hydrogen-bond acceptors (Lipinski definition) is 6. The second kappa shape index (κ2) is 6.17. The molecule has 1 fully saturated rings. The minimum Gasteiger partial charge on any atom is -0.548 e. The van der Waals surface area contributed by atoms with Crippen LogP contribution in [0.2, 0.25) is 0 Å². The largest absolute Gasteiger partial charge is 0.548 e. The van der Waals surface area contributed by atoms with Gasteiger partial charge < -0.3 is 14.6 Å². The van der Waals surface area contributed by atoms with Gasteiger partial charge in [-0.05, 0) is 30.7 Å². The molecule has 1 aromatic carbocycles. The van der Waals surface area contributed by atoms with Gasteiger partial charge >= 0.3 is 0 Å². The fourth-order valence-corrected chi connectivity index (χ4v) is 3.59. The number of aliphatic carboxylic acids is 1. The van der Waals surface area contributed by atoms with Gasteiger partial charge in [0, 0.05) is 5.56 Å². The van der Waals surface area contributed by atoms with Crippen molar-refractivity contribution in [3.8, 4) is 5.75 Å². The molecule has 3 rings (SSSR count). The highest BCUT2D eigenvalue weighted by atomic mass is 32.2. The van der Waals surface area contributed by atoms with Crippen molar-refractivity contribution in [2.45, 2.75) is 13.0 Å². The first-order chi connectivity index (χ1) is 11.0. The summed E-state index contributed by atoms with van der Waals surface area (Å²) in [6.45, 7) is 1.36. The average Bonchev–Trinajstić information content (AvgIpc) is 2.75. The molecular weight excluding hydrogens is 334 g/mol. The summed E-state index contributed by atoms with van der Waals surface area (Å²) in [5, 5.41) is 10.7. The molecule has 2 aliphatic heterocycles. The number of thiocarbonyl (C=S) groups is 1. The second-order valence-corrected chi connectivity index (χ2v) is 6.76. The summed E-state index contributed by atoms with van der Waals surface area (Å²) in [7, 11) is 0. The predicted octanol–water partition coefficient (Wildman–Crippen LogP) is 1.34. The lowest BCUT2D eigenvalue weighted by atomic mass is 10.0. The third kappa shape index (κ3) is 3.16. The van der Waals surface area contributed by atoms with Gasteiger partial charge in [0.05, 0.1) is 17.4 Å². The Bertz CT molecular complexity index is 769. The van der Waals surface area contributed by atoms with E-state index >= 15 is 0 Å². The maximum Gasteiger partial charge on any atom is 0.266 e. The summed E-state index contributed by atoms with van der Waals surface area (Å²) in [5.74, 6) is -0.970. The van der Waals surface area contributed by atoms with Crippen LogP contribution in [0.5, 0.6) is 5.75 Å². The maximum absolute atomic E-state index is 12.3. The lowest BCUT2D eigenvalue weighted by Gasteiger charge is -2.23. The molecular formula is C16H12NO4S2-. The number of carboxylic acids is 1. The molecule has 1 atom stereocenters. The van der Waals surface area contributed by atoms with Crippen LogP contribution in [0.4, 0.5) is 0 Å².